The summed E-state index contributed by atoms with van der Waals surface area (Å²) in [6.07, 6.45) is 18.7. The minimum absolute atomic E-state index is 0.277. The van der Waals surface area contributed by atoms with Gasteiger partial charge in [0.2, 0.25) is 0 Å². The van der Waals surface area contributed by atoms with Gasteiger partial charge in [0.15, 0.2) is 0 Å². The van der Waals surface area contributed by atoms with Crippen LogP contribution in [0.3, 0.4) is 0 Å². The van der Waals surface area contributed by atoms with Gasteiger partial charge in [-0.15, -0.1) is 0 Å². The second kappa shape index (κ2) is 4.91. The molecule has 4 aliphatic rings. The molecule has 0 radical (unpaired) electrons. The van der Waals surface area contributed by atoms with Crippen molar-refractivity contribution in [1.82, 2.24) is 0 Å². The molecule has 0 aromatic rings. The van der Waals surface area contributed by atoms with Crippen LogP contribution >= 0.6 is 0 Å². The second-order valence-corrected chi connectivity index (χ2v) is 7.33. The molecule has 0 amide bonds. The molecule has 1 spiro atoms. The van der Waals surface area contributed by atoms with Crippen LogP contribution in [-0.4, -0.2) is 11.7 Å². The fourth-order valence-electron chi connectivity index (χ4n) is 5.44. The van der Waals surface area contributed by atoms with Crippen molar-refractivity contribution in [3.8, 4) is 0 Å². The van der Waals surface area contributed by atoms with Crippen molar-refractivity contribution in [2.75, 3.05) is 0 Å². The molecule has 106 valence electrons. The monoisotopic (exact) mass is 260 g/mol. The van der Waals surface area contributed by atoms with Gasteiger partial charge >= 0.3 is 0 Å². The lowest BCUT2D eigenvalue weighted by Gasteiger charge is -2.53. The van der Waals surface area contributed by atoms with E-state index in [4.69, 9.17) is 4.74 Å². The summed E-state index contributed by atoms with van der Waals surface area (Å²) in [6, 6.07) is 0. The van der Waals surface area contributed by atoms with E-state index in [9.17, 15) is 0 Å². The maximum atomic E-state index is 6.83. The van der Waals surface area contributed by atoms with Gasteiger partial charge in [-0.25, -0.2) is 0 Å². The van der Waals surface area contributed by atoms with E-state index in [1.165, 1.54) is 83.5 Å². The molecular formula is C18H28O. The highest BCUT2D eigenvalue weighted by atomic mass is 16.5. The molecule has 3 aliphatic carbocycles. The Morgan fingerprint density at radius 2 is 1.47 bits per heavy atom. The van der Waals surface area contributed by atoms with Crippen LogP contribution in [-0.2, 0) is 4.74 Å². The maximum Gasteiger partial charge on any atom is 0.0795 e. The van der Waals surface area contributed by atoms with Crippen LogP contribution in [0.15, 0.2) is 11.1 Å². The van der Waals surface area contributed by atoms with E-state index in [1.54, 1.807) is 5.57 Å². The molecule has 0 aromatic heterocycles. The first kappa shape index (κ1) is 12.4. The fraction of sp³-hybridized carbons (Fsp3) is 0.889. The van der Waals surface area contributed by atoms with Gasteiger partial charge < -0.3 is 4.74 Å². The van der Waals surface area contributed by atoms with Gasteiger partial charge in [-0.1, -0.05) is 37.7 Å². The molecular weight excluding hydrogens is 232 g/mol. The molecule has 4 rings (SSSR count). The molecule has 2 atom stereocenters. The summed E-state index contributed by atoms with van der Waals surface area (Å²) in [5.41, 5.74) is 3.94. The van der Waals surface area contributed by atoms with Crippen molar-refractivity contribution in [2.45, 2.75) is 95.2 Å². The van der Waals surface area contributed by atoms with E-state index in [0.717, 1.165) is 5.92 Å². The molecule has 1 heterocycles. The normalized spacial score (nSPS) is 37.9. The van der Waals surface area contributed by atoms with E-state index in [1.807, 2.05) is 5.57 Å². The molecule has 0 N–H and O–H groups in total. The van der Waals surface area contributed by atoms with Crippen molar-refractivity contribution in [3.05, 3.63) is 11.1 Å². The Bertz CT molecular complexity index is 375. The predicted octanol–water partition coefficient (Wildman–Crippen LogP) is 5.15. The van der Waals surface area contributed by atoms with Crippen molar-refractivity contribution in [1.29, 1.82) is 0 Å². The molecule has 19 heavy (non-hydrogen) atoms. The molecule has 1 heteroatoms. The van der Waals surface area contributed by atoms with E-state index < -0.39 is 0 Å². The molecule has 0 aromatic carbocycles. The summed E-state index contributed by atoms with van der Waals surface area (Å²) in [7, 11) is 0. The van der Waals surface area contributed by atoms with Crippen LogP contribution in [0.2, 0.25) is 0 Å². The number of hydrogen-bond donors (Lipinski definition) is 0. The fourth-order valence-corrected chi connectivity index (χ4v) is 5.44. The minimum Gasteiger partial charge on any atom is -0.367 e. The molecule has 3 saturated carbocycles. The largest absolute Gasteiger partial charge is 0.367 e. The Balaban J connectivity index is 1.73. The third-order valence-electron chi connectivity index (χ3n) is 6.29. The lowest BCUT2D eigenvalue weighted by atomic mass is 9.63. The Kier molecular flexibility index (Phi) is 3.22. The highest BCUT2D eigenvalue weighted by Crippen LogP contribution is 2.53. The van der Waals surface area contributed by atoms with E-state index in [2.05, 4.69) is 0 Å². The van der Waals surface area contributed by atoms with Crippen LogP contribution in [0, 0.1) is 5.92 Å². The van der Waals surface area contributed by atoms with Gasteiger partial charge in [0, 0.05) is 5.92 Å². The number of hydrogen-bond acceptors (Lipinski definition) is 1. The van der Waals surface area contributed by atoms with Gasteiger partial charge in [-0.3, -0.25) is 0 Å². The van der Waals surface area contributed by atoms with Crippen LogP contribution in [0.5, 0.6) is 0 Å². The van der Waals surface area contributed by atoms with Crippen molar-refractivity contribution in [2.24, 2.45) is 5.92 Å². The highest BCUT2D eigenvalue weighted by molar-refractivity contribution is 5.30. The molecule has 1 aliphatic heterocycles. The molecule has 3 fully saturated rings. The zero-order valence-electron chi connectivity index (χ0n) is 12.3. The number of fused-ring (bicyclic) bond motifs is 3. The molecule has 0 saturated heterocycles. The van der Waals surface area contributed by atoms with E-state index in [-0.39, 0.29) is 5.60 Å². The SMILES string of the molecule is C1CCC2(CC1)O[C@H]1CCCCC1=C1CCCC[C@@H]12. The highest BCUT2D eigenvalue weighted by Gasteiger charge is 2.49. The van der Waals surface area contributed by atoms with E-state index in [0.29, 0.717) is 6.10 Å². The number of rotatable bonds is 0. The summed E-state index contributed by atoms with van der Waals surface area (Å²) in [5, 5.41) is 0. The predicted molar refractivity (Wildman–Crippen MR) is 78.1 cm³/mol. The summed E-state index contributed by atoms with van der Waals surface area (Å²) in [4.78, 5) is 0. The Morgan fingerprint density at radius 1 is 0.737 bits per heavy atom. The quantitative estimate of drug-likeness (QED) is 0.547. The van der Waals surface area contributed by atoms with Gasteiger partial charge in [0.05, 0.1) is 11.7 Å². The standard InChI is InChI=1S/C18H28O/c1-6-12-18(13-7-1)16-10-4-2-8-14(16)15-9-3-5-11-17(15)19-18/h16-17H,1-13H2/t16-,17-/m0/s1. The average Bonchev–Trinajstić information content (AvgIpc) is 2.49. The first-order chi connectivity index (χ1) is 9.39. The summed E-state index contributed by atoms with van der Waals surface area (Å²) in [5.74, 6) is 0.811. The van der Waals surface area contributed by atoms with Crippen LogP contribution < -0.4 is 0 Å². The lowest BCUT2D eigenvalue weighted by Crippen LogP contribution is -2.51. The molecule has 0 bridgehead atoms. The zero-order chi connectivity index (χ0) is 12.7. The van der Waals surface area contributed by atoms with Gasteiger partial charge in [-0.05, 0) is 56.9 Å². The van der Waals surface area contributed by atoms with E-state index >= 15 is 0 Å². The van der Waals surface area contributed by atoms with Crippen LogP contribution in [0.1, 0.15) is 83.5 Å². The third-order valence-corrected chi connectivity index (χ3v) is 6.29. The molecule has 0 unspecified atom stereocenters. The maximum absolute atomic E-state index is 6.83. The Labute approximate surface area is 117 Å². The Hall–Kier alpha value is -0.300. The third kappa shape index (κ3) is 2.00. The van der Waals surface area contributed by atoms with Crippen molar-refractivity contribution >= 4 is 0 Å². The van der Waals surface area contributed by atoms with Gasteiger partial charge in [-0.2, -0.15) is 0 Å². The van der Waals surface area contributed by atoms with Crippen molar-refractivity contribution in [3.63, 3.8) is 0 Å². The zero-order valence-corrected chi connectivity index (χ0v) is 12.3. The van der Waals surface area contributed by atoms with Crippen LogP contribution in [0.4, 0.5) is 0 Å². The van der Waals surface area contributed by atoms with Gasteiger partial charge in [0.1, 0.15) is 0 Å². The first-order valence-corrected chi connectivity index (χ1v) is 8.79. The smallest absolute Gasteiger partial charge is 0.0795 e. The summed E-state index contributed by atoms with van der Waals surface area (Å²) in [6.45, 7) is 0. The summed E-state index contributed by atoms with van der Waals surface area (Å²) < 4.78 is 6.83. The topological polar surface area (TPSA) is 9.23 Å². The van der Waals surface area contributed by atoms with Crippen molar-refractivity contribution < 1.29 is 4.74 Å². The summed E-state index contributed by atoms with van der Waals surface area (Å²) >= 11 is 0. The van der Waals surface area contributed by atoms with Gasteiger partial charge in [0.25, 0.3) is 0 Å². The molecule has 1 nitrogen and oxygen atoms in total. The average molecular weight is 260 g/mol. The second-order valence-electron chi connectivity index (χ2n) is 7.33. The van der Waals surface area contributed by atoms with Crippen LogP contribution in [0.25, 0.3) is 0 Å². The number of ether oxygens (including phenoxy) is 1. The minimum atomic E-state index is 0.277. The first-order valence-electron chi connectivity index (χ1n) is 8.79. The lowest BCUT2D eigenvalue weighted by molar-refractivity contribution is -0.150. The Morgan fingerprint density at radius 3 is 2.32 bits per heavy atom.